The second-order valence-electron chi connectivity index (χ2n) is 6.80. The third-order valence-electron chi connectivity index (χ3n) is 4.03. The molecule has 1 amide bonds. The molecular formula is C16H21FN2O2. The molecule has 2 fully saturated rings. The molecule has 0 unspecified atom stereocenters. The Morgan fingerprint density at radius 1 is 1.19 bits per heavy atom. The van der Waals surface area contributed by atoms with Crippen molar-refractivity contribution >= 4 is 11.8 Å². The maximum Gasteiger partial charge on any atom is 0.410 e. The number of hydrogen-bond donors (Lipinski definition) is 0. The first-order valence-electron chi connectivity index (χ1n) is 7.35. The number of ether oxygens (including phenoxy) is 1. The Balaban J connectivity index is 1.66. The van der Waals surface area contributed by atoms with E-state index >= 15 is 0 Å². The molecule has 0 radical (unpaired) electrons. The number of fused-ring (bicyclic) bond motifs is 2. The molecule has 3 rings (SSSR count). The maximum absolute atomic E-state index is 13.0. The average Bonchev–Trinajstić information content (AvgIpc) is 2.97. The highest BCUT2D eigenvalue weighted by Crippen LogP contribution is 2.35. The summed E-state index contributed by atoms with van der Waals surface area (Å²) >= 11 is 0. The van der Waals surface area contributed by atoms with Crippen LogP contribution >= 0.6 is 0 Å². The zero-order chi connectivity index (χ0) is 15.2. The van der Waals surface area contributed by atoms with E-state index < -0.39 is 5.60 Å². The Morgan fingerprint density at radius 3 is 2.38 bits per heavy atom. The third kappa shape index (κ3) is 2.82. The van der Waals surface area contributed by atoms with Crippen LogP contribution in [0.15, 0.2) is 24.3 Å². The molecule has 2 heterocycles. The lowest BCUT2D eigenvalue weighted by atomic mass is 10.2. The summed E-state index contributed by atoms with van der Waals surface area (Å²) in [7, 11) is 0. The number of carbonyl (C=O) groups excluding carboxylic acids is 1. The molecule has 2 bridgehead atoms. The molecule has 2 saturated heterocycles. The van der Waals surface area contributed by atoms with Gasteiger partial charge in [-0.1, -0.05) is 0 Å². The van der Waals surface area contributed by atoms with Gasteiger partial charge in [0.15, 0.2) is 0 Å². The molecule has 0 N–H and O–H groups in total. The van der Waals surface area contributed by atoms with E-state index in [1.54, 1.807) is 12.1 Å². The first-order chi connectivity index (χ1) is 9.83. The summed E-state index contributed by atoms with van der Waals surface area (Å²) in [5, 5.41) is 0. The molecule has 5 heteroatoms. The Bertz CT molecular complexity index is 538. The smallest absolute Gasteiger partial charge is 0.410 e. The molecule has 21 heavy (non-hydrogen) atoms. The van der Waals surface area contributed by atoms with E-state index in [9.17, 15) is 9.18 Å². The minimum atomic E-state index is -0.463. The molecule has 0 aliphatic carbocycles. The number of amides is 1. The van der Waals surface area contributed by atoms with Crippen LogP contribution in [0.25, 0.3) is 0 Å². The lowest BCUT2D eigenvalue weighted by Gasteiger charge is -2.36. The number of nitrogens with zero attached hydrogens (tertiary/aromatic N) is 2. The zero-order valence-corrected chi connectivity index (χ0v) is 12.7. The summed E-state index contributed by atoms with van der Waals surface area (Å²) in [6.07, 6.45) is 0.727. The standard InChI is InChI=1S/C16H21FN2O2/c1-16(2,3)21-15(20)19-10-13-8-14(19)9-18(13)12-6-4-11(17)5-7-12/h4-7,13-14H,8-10H2,1-3H3/t13-,14-/m0/s1. The van der Waals surface area contributed by atoms with Crippen molar-refractivity contribution in [2.24, 2.45) is 0 Å². The van der Waals surface area contributed by atoms with Crippen LogP contribution in [-0.2, 0) is 4.74 Å². The average molecular weight is 292 g/mol. The van der Waals surface area contributed by atoms with Crippen molar-refractivity contribution in [3.05, 3.63) is 30.1 Å². The molecule has 2 atom stereocenters. The number of benzene rings is 1. The van der Waals surface area contributed by atoms with E-state index in [1.807, 2.05) is 25.7 Å². The highest BCUT2D eigenvalue weighted by atomic mass is 19.1. The molecule has 0 aromatic heterocycles. The Labute approximate surface area is 124 Å². The van der Waals surface area contributed by atoms with Crippen molar-refractivity contribution in [2.45, 2.75) is 44.9 Å². The van der Waals surface area contributed by atoms with Crippen LogP contribution in [0.1, 0.15) is 27.2 Å². The third-order valence-corrected chi connectivity index (χ3v) is 4.03. The number of halogens is 1. The molecule has 1 aromatic carbocycles. The van der Waals surface area contributed by atoms with E-state index in [2.05, 4.69) is 4.90 Å². The van der Waals surface area contributed by atoms with Crippen molar-refractivity contribution in [1.82, 2.24) is 4.90 Å². The predicted molar refractivity (Wildman–Crippen MR) is 78.9 cm³/mol. The van der Waals surface area contributed by atoms with Crippen LogP contribution < -0.4 is 4.90 Å². The molecular weight excluding hydrogens is 271 g/mol. The van der Waals surface area contributed by atoms with E-state index in [0.29, 0.717) is 12.6 Å². The minimum absolute atomic E-state index is 0.190. The van der Waals surface area contributed by atoms with Crippen molar-refractivity contribution in [1.29, 1.82) is 0 Å². The number of piperazine rings is 1. The number of anilines is 1. The van der Waals surface area contributed by atoms with Crippen LogP contribution in [-0.4, -0.2) is 41.8 Å². The molecule has 2 aliphatic rings. The highest BCUT2D eigenvalue weighted by Gasteiger charge is 2.46. The van der Waals surface area contributed by atoms with E-state index in [-0.39, 0.29) is 18.0 Å². The first-order valence-corrected chi connectivity index (χ1v) is 7.35. The second kappa shape index (κ2) is 4.90. The molecule has 4 nitrogen and oxygen atoms in total. The van der Waals surface area contributed by atoms with E-state index in [1.165, 1.54) is 12.1 Å². The molecule has 1 aromatic rings. The van der Waals surface area contributed by atoms with Gasteiger partial charge in [0.2, 0.25) is 0 Å². The monoisotopic (exact) mass is 292 g/mol. The van der Waals surface area contributed by atoms with Gasteiger partial charge in [0, 0.05) is 24.8 Å². The van der Waals surface area contributed by atoms with Crippen LogP contribution in [0.5, 0.6) is 0 Å². The van der Waals surface area contributed by atoms with E-state index in [4.69, 9.17) is 4.74 Å². The van der Waals surface area contributed by atoms with Gasteiger partial charge in [-0.25, -0.2) is 9.18 Å². The predicted octanol–water partition coefficient (Wildman–Crippen LogP) is 3.02. The minimum Gasteiger partial charge on any atom is -0.444 e. The molecule has 0 saturated carbocycles. The largest absolute Gasteiger partial charge is 0.444 e. The van der Waals surface area contributed by atoms with Crippen LogP contribution in [0.3, 0.4) is 0 Å². The summed E-state index contributed by atoms with van der Waals surface area (Å²) in [6, 6.07) is 7.05. The van der Waals surface area contributed by atoms with Gasteiger partial charge in [-0.3, -0.25) is 0 Å². The van der Waals surface area contributed by atoms with Crippen molar-refractivity contribution in [2.75, 3.05) is 18.0 Å². The number of rotatable bonds is 1. The second-order valence-corrected chi connectivity index (χ2v) is 6.80. The van der Waals surface area contributed by atoms with E-state index in [0.717, 1.165) is 18.7 Å². The van der Waals surface area contributed by atoms with Gasteiger partial charge in [0.1, 0.15) is 11.4 Å². The van der Waals surface area contributed by atoms with Gasteiger partial charge >= 0.3 is 6.09 Å². The quantitative estimate of drug-likeness (QED) is 0.797. The van der Waals surface area contributed by atoms with Gasteiger partial charge in [-0.05, 0) is 51.5 Å². The summed E-state index contributed by atoms with van der Waals surface area (Å²) < 4.78 is 18.4. The number of carbonyl (C=O) groups is 1. The van der Waals surface area contributed by atoms with Crippen molar-refractivity contribution in [3.63, 3.8) is 0 Å². The van der Waals surface area contributed by atoms with Crippen LogP contribution in [0.4, 0.5) is 14.9 Å². The fraction of sp³-hybridized carbons (Fsp3) is 0.562. The summed E-state index contributed by atoms with van der Waals surface area (Å²) in [5.41, 5.74) is 0.558. The maximum atomic E-state index is 13.0. The SMILES string of the molecule is CC(C)(C)OC(=O)N1C[C@@H]2C[C@H]1CN2c1ccc(F)cc1. The lowest BCUT2D eigenvalue weighted by molar-refractivity contribution is 0.0215. The molecule has 2 aliphatic heterocycles. The summed E-state index contributed by atoms with van der Waals surface area (Å²) in [6.45, 7) is 7.10. The molecule has 0 spiro atoms. The Kier molecular flexibility index (Phi) is 3.30. The number of hydrogen-bond acceptors (Lipinski definition) is 3. The summed E-state index contributed by atoms with van der Waals surface area (Å²) in [4.78, 5) is 16.3. The van der Waals surface area contributed by atoms with Gasteiger partial charge in [-0.2, -0.15) is 0 Å². The zero-order valence-electron chi connectivity index (χ0n) is 12.7. The fourth-order valence-electron chi connectivity index (χ4n) is 3.16. The van der Waals surface area contributed by atoms with Crippen molar-refractivity contribution in [3.8, 4) is 0 Å². The molecule has 114 valence electrons. The normalized spacial score (nSPS) is 24.6. The van der Waals surface area contributed by atoms with Gasteiger partial charge in [-0.15, -0.1) is 0 Å². The van der Waals surface area contributed by atoms with Crippen molar-refractivity contribution < 1.29 is 13.9 Å². The Morgan fingerprint density at radius 2 is 1.86 bits per heavy atom. The summed E-state index contributed by atoms with van der Waals surface area (Å²) in [5.74, 6) is -0.224. The van der Waals surface area contributed by atoms with Gasteiger partial charge < -0.3 is 14.5 Å². The highest BCUT2D eigenvalue weighted by molar-refractivity contribution is 5.70. The van der Waals surface area contributed by atoms with Crippen LogP contribution in [0.2, 0.25) is 0 Å². The fourth-order valence-corrected chi connectivity index (χ4v) is 3.16. The topological polar surface area (TPSA) is 32.8 Å². The van der Waals surface area contributed by atoms with Crippen LogP contribution in [0, 0.1) is 5.82 Å². The van der Waals surface area contributed by atoms with Gasteiger partial charge in [0.25, 0.3) is 0 Å². The number of likely N-dealkylation sites (tertiary alicyclic amines) is 1. The Hall–Kier alpha value is -1.78. The lowest BCUT2D eigenvalue weighted by Crippen LogP contribution is -2.50. The first kappa shape index (κ1) is 14.2. The van der Waals surface area contributed by atoms with Gasteiger partial charge in [0.05, 0.1) is 6.04 Å².